The average molecular weight is 566 g/mol. The molecule has 0 aromatic carbocycles. The van der Waals surface area contributed by atoms with Crippen molar-refractivity contribution in [3.05, 3.63) is 35.8 Å². The van der Waals surface area contributed by atoms with Crippen molar-refractivity contribution in [1.29, 1.82) is 0 Å². The van der Waals surface area contributed by atoms with Gasteiger partial charge in [0.05, 0.1) is 36.2 Å². The van der Waals surface area contributed by atoms with Crippen molar-refractivity contribution in [1.82, 2.24) is 9.97 Å². The summed E-state index contributed by atoms with van der Waals surface area (Å²) in [5.74, 6) is -0.516. The van der Waals surface area contributed by atoms with Crippen molar-refractivity contribution in [3.8, 4) is 17.0 Å². The van der Waals surface area contributed by atoms with E-state index in [-0.39, 0.29) is 19.4 Å². The number of carboxylic acids is 1. The normalized spacial score (nSPS) is 16.9. The highest BCUT2D eigenvalue weighted by molar-refractivity contribution is 5.83. The summed E-state index contributed by atoms with van der Waals surface area (Å²) in [7, 11) is 0. The number of carbonyl (C=O) groups is 1. The van der Waals surface area contributed by atoms with Crippen molar-refractivity contribution >= 4 is 11.7 Å². The Morgan fingerprint density at radius 3 is 2.20 bits per heavy atom. The average Bonchev–Trinajstić information content (AvgIpc) is 3.30. The third-order valence-electron chi connectivity index (χ3n) is 7.38. The molecule has 0 atom stereocenters. The molecule has 0 amide bonds. The first-order valence-electron chi connectivity index (χ1n) is 14.0. The molecule has 40 heavy (non-hydrogen) atoms. The number of piperidine rings is 1. The number of pyridine rings is 2. The Hall–Kier alpha value is -2.88. The van der Waals surface area contributed by atoms with E-state index in [4.69, 9.17) is 9.84 Å². The zero-order valence-electron chi connectivity index (χ0n) is 24.0. The van der Waals surface area contributed by atoms with Gasteiger partial charge in [-0.05, 0) is 77.3 Å². The molecular formula is C30H42F3N3O4. The van der Waals surface area contributed by atoms with E-state index in [9.17, 15) is 23.1 Å². The Kier molecular flexibility index (Phi) is 10.4. The second kappa shape index (κ2) is 13.2. The number of hydrogen-bond acceptors (Lipinski definition) is 6. The first kappa shape index (κ1) is 31.6. The summed E-state index contributed by atoms with van der Waals surface area (Å²) in [5, 5.41) is 18.1. The van der Waals surface area contributed by atoms with Crippen molar-refractivity contribution in [2.45, 2.75) is 97.3 Å². The molecule has 10 heteroatoms. The molecule has 4 rings (SSSR count). The smallest absolute Gasteiger partial charge is 0.389 e. The minimum Gasteiger partial charge on any atom is -0.492 e. The predicted molar refractivity (Wildman–Crippen MR) is 149 cm³/mol. The summed E-state index contributed by atoms with van der Waals surface area (Å²) in [6.45, 7) is 8.75. The van der Waals surface area contributed by atoms with Gasteiger partial charge in [0.15, 0.2) is 0 Å². The number of nitrogens with zero attached hydrogens (tertiary/aromatic N) is 3. The number of alkyl halides is 3. The molecule has 7 nitrogen and oxygen atoms in total. The second-order valence-electron chi connectivity index (χ2n) is 12.0. The molecule has 0 bridgehead atoms. The molecule has 1 saturated carbocycles. The molecule has 2 aliphatic rings. The highest BCUT2D eigenvalue weighted by atomic mass is 19.4. The number of ether oxygens (including phenoxy) is 1. The van der Waals surface area contributed by atoms with Crippen LogP contribution in [-0.4, -0.2) is 57.6 Å². The van der Waals surface area contributed by atoms with E-state index in [0.717, 1.165) is 37.2 Å². The van der Waals surface area contributed by atoms with E-state index in [0.29, 0.717) is 28.1 Å². The quantitative estimate of drug-likeness (QED) is 0.342. The van der Waals surface area contributed by atoms with Crippen molar-refractivity contribution in [2.24, 2.45) is 5.41 Å². The van der Waals surface area contributed by atoms with Gasteiger partial charge in [0.25, 0.3) is 0 Å². The van der Waals surface area contributed by atoms with Gasteiger partial charge in [-0.3, -0.25) is 14.8 Å². The summed E-state index contributed by atoms with van der Waals surface area (Å²) < 4.78 is 42.4. The fraction of sp³-hybridized carbons (Fsp3) is 0.633. The maximum absolute atomic E-state index is 12.3. The number of hydrogen-bond donors (Lipinski definition) is 2. The van der Waals surface area contributed by atoms with Crippen LogP contribution in [0.5, 0.6) is 5.75 Å². The van der Waals surface area contributed by atoms with E-state index in [1.165, 1.54) is 31.9 Å². The van der Waals surface area contributed by atoms with Gasteiger partial charge in [-0.2, -0.15) is 13.2 Å². The van der Waals surface area contributed by atoms with Gasteiger partial charge in [0.2, 0.25) is 0 Å². The van der Waals surface area contributed by atoms with Crippen LogP contribution in [0.3, 0.4) is 0 Å². The van der Waals surface area contributed by atoms with Crippen LogP contribution in [-0.2, 0) is 11.2 Å². The van der Waals surface area contributed by atoms with Crippen molar-refractivity contribution < 1.29 is 32.9 Å². The maximum Gasteiger partial charge on any atom is 0.389 e. The zero-order valence-corrected chi connectivity index (χ0v) is 24.0. The highest BCUT2D eigenvalue weighted by Crippen LogP contribution is 2.48. The molecule has 2 N–H and O–H groups in total. The van der Waals surface area contributed by atoms with Gasteiger partial charge in [-0.15, -0.1) is 0 Å². The Morgan fingerprint density at radius 2 is 1.68 bits per heavy atom. The van der Waals surface area contributed by atoms with Gasteiger partial charge in [0, 0.05) is 42.5 Å². The molecule has 0 unspecified atom stereocenters. The number of aryl methyl sites for hydroxylation is 1. The van der Waals surface area contributed by atoms with Crippen LogP contribution in [0.2, 0.25) is 0 Å². The molecule has 3 heterocycles. The van der Waals surface area contributed by atoms with E-state index in [1.807, 2.05) is 6.92 Å². The number of aliphatic carboxylic acids is 1. The second-order valence-corrected chi connectivity index (χ2v) is 12.0. The van der Waals surface area contributed by atoms with Crippen LogP contribution < -0.4 is 9.64 Å². The Labute approximate surface area is 234 Å². The summed E-state index contributed by atoms with van der Waals surface area (Å²) in [6.07, 6.45) is 5.23. The standard InChI is InChI=1S/C26H32F3N3O3.C4H10O/c1-18-20(15-23(33)34)24(32-12-10-25(11-13-32)7-2-3-8-25)21(17-30-18)22-6-5-19(16-31-22)35-14-4-9-26(27,28)29;1-4(2,3)5/h5-6,16-17H,2-4,7-15H2,1H3,(H,33,34);5H,1-3H3. The maximum atomic E-state index is 12.3. The van der Waals surface area contributed by atoms with Gasteiger partial charge in [-0.25, -0.2) is 0 Å². The number of aromatic nitrogens is 2. The van der Waals surface area contributed by atoms with Gasteiger partial charge in [-0.1, -0.05) is 12.8 Å². The van der Waals surface area contributed by atoms with E-state index in [2.05, 4.69) is 14.9 Å². The van der Waals surface area contributed by atoms with Gasteiger partial charge in [0.1, 0.15) is 5.75 Å². The lowest BCUT2D eigenvalue weighted by Crippen LogP contribution is -2.39. The first-order chi connectivity index (χ1) is 18.7. The van der Waals surface area contributed by atoms with Crippen LogP contribution in [0.25, 0.3) is 11.3 Å². The molecule has 2 fully saturated rings. The summed E-state index contributed by atoms with van der Waals surface area (Å²) in [5.41, 5.74) is 3.58. The molecule has 2 aromatic rings. The van der Waals surface area contributed by atoms with E-state index < -0.39 is 24.2 Å². The summed E-state index contributed by atoms with van der Waals surface area (Å²) in [4.78, 5) is 22.9. The minimum atomic E-state index is -4.19. The van der Waals surface area contributed by atoms with Crippen LogP contribution in [0.1, 0.15) is 83.4 Å². The monoisotopic (exact) mass is 565 g/mol. The first-order valence-corrected chi connectivity index (χ1v) is 14.0. The SMILES string of the molecule is CC(C)(C)O.Cc1ncc(-c2ccc(OCCCC(F)(F)F)cn2)c(N2CCC3(CCCC3)CC2)c1CC(=O)O. The van der Waals surface area contributed by atoms with Gasteiger partial charge < -0.3 is 19.8 Å². The van der Waals surface area contributed by atoms with Crippen molar-refractivity contribution in [3.63, 3.8) is 0 Å². The highest BCUT2D eigenvalue weighted by Gasteiger charge is 2.38. The molecule has 1 aliphatic carbocycles. The van der Waals surface area contributed by atoms with Gasteiger partial charge >= 0.3 is 12.1 Å². The van der Waals surface area contributed by atoms with Crippen LogP contribution in [0, 0.1) is 12.3 Å². The summed E-state index contributed by atoms with van der Waals surface area (Å²) in [6, 6.07) is 3.43. The molecule has 0 radical (unpaired) electrons. The summed E-state index contributed by atoms with van der Waals surface area (Å²) >= 11 is 0. The van der Waals surface area contributed by atoms with Crippen molar-refractivity contribution in [2.75, 3.05) is 24.6 Å². The number of carboxylic acid groups (broad SMARTS) is 1. The predicted octanol–water partition coefficient (Wildman–Crippen LogP) is 6.74. The third-order valence-corrected chi connectivity index (χ3v) is 7.38. The zero-order chi connectivity index (χ0) is 29.6. The van der Waals surface area contributed by atoms with E-state index >= 15 is 0 Å². The largest absolute Gasteiger partial charge is 0.492 e. The molecular weight excluding hydrogens is 523 g/mol. The Balaban J connectivity index is 0.000000810. The molecule has 222 valence electrons. The number of halogens is 3. The van der Waals surface area contributed by atoms with Crippen LogP contribution in [0.4, 0.5) is 18.9 Å². The molecule has 1 saturated heterocycles. The lowest BCUT2D eigenvalue weighted by Gasteiger charge is -2.41. The lowest BCUT2D eigenvalue weighted by atomic mass is 9.77. The fourth-order valence-electron chi connectivity index (χ4n) is 5.46. The Bertz CT molecular complexity index is 1110. The fourth-order valence-corrected chi connectivity index (χ4v) is 5.46. The minimum absolute atomic E-state index is 0.0455. The van der Waals surface area contributed by atoms with E-state index in [1.54, 1.807) is 39.1 Å². The molecule has 1 spiro atoms. The number of aliphatic hydroxyl groups is 1. The number of rotatable bonds is 8. The topological polar surface area (TPSA) is 95.8 Å². The molecule has 1 aliphatic heterocycles. The van der Waals surface area contributed by atoms with Crippen LogP contribution in [0.15, 0.2) is 24.5 Å². The number of anilines is 1. The lowest BCUT2D eigenvalue weighted by molar-refractivity contribution is -0.137. The third kappa shape index (κ3) is 9.64. The van der Waals surface area contributed by atoms with Crippen LogP contribution >= 0.6 is 0 Å². The molecule has 2 aromatic heterocycles. The Morgan fingerprint density at radius 1 is 1.05 bits per heavy atom.